The van der Waals surface area contributed by atoms with Gasteiger partial charge in [0, 0.05) is 75.8 Å². The van der Waals surface area contributed by atoms with Crippen LogP contribution >= 0.6 is 0 Å². The van der Waals surface area contributed by atoms with Crippen LogP contribution in [0.4, 0.5) is 22.8 Å². The number of nitrogens with one attached hydrogen (secondary N) is 3. The third-order valence-corrected chi connectivity index (χ3v) is 10.8. The Morgan fingerprint density at radius 1 is 1.10 bits per heavy atom. The highest BCUT2D eigenvalue weighted by Gasteiger charge is 2.46. The lowest BCUT2D eigenvalue weighted by Crippen LogP contribution is -2.54. The lowest BCUT2D eigenvalue weighted by Gasteiger charge is -2.46. The second-order valence-electron chi connectivity index (χ2n) is 15.4. The number of urea groups is 1. The van der Waals surface area contributed by atoms with Gasteiger partial charge in [-0.1, -0.05) is 18.6 Å². The summed E-state index contributed by atoms with van der Waals surface area (Å²) in [5.74, 6) is -2.12. The maximum atomic E-state index is 15.3. The van der Waals surface area contributed by atoms with Gasteiger partial charge in [0.25, 0.3) is 11.8 Å². The number of nitrogens with zero attached hydrogens (tertiary/aromatic N) is 4. The Kier molecular flexibility index (Phi) is 16.5. The van der Waals surface area contributed by atoms with Crippen LogP contribution in [0, 0.1) is 23.0 Å². The number of halogens is 3. The lowest BCUT2D eigenvalue weighted by atomic mass is 9.74. The van der Waals surface area contributed by atoms with Crippen LogP contribution in [0.5, 0.6) is 0 Å². The van der Waals surface area contributed by atoms with E-state index >= 15 is 8.78 Å². The van der Waals surface area contributed by atoms with Crippen molar-refractivity contribution in [1.29, 1.82) is 0 Å². The number of aromatic nitrogens is 2. The maximum absolute atomic E-state index is 15.3. The van der Waals surface area contributed by atoms with Crippen LogP contribution in [0.15, 0.2) is 48.2 Å². The molecule has 5 rings (SSSR count). The molecule has 0 bridgehead atoms. The average molecular weight is 832 g/mol. The van der Waals surface area contributed by atoms with E-state index in [0.29, 0.717) is 45.0 Å². The van der Waals surface area contributed by atoms with Gasteiger partial charge in [0.2, 0.25) is 0 Å². The summed E-state index contributed by atoms with van der Waals surface area (Å²) in [7, 11) is 0. The van der Waals surface area contributed by atoms with Crippen molar-refractivity contribution < 1.29 is 51.3 Å². The molecular formula is C41H56F3N7O8. The molecule has 4 heterocycles. The molecule has 1 aromatic carbocycles. The summed E-state index contributed by atoms with van der Waals surface area (Å²) in [6, 6.07) is 1.23. The van der Waals surface area contributed by atoms with Crippen molar-refractivity contribution >= 4 is 23.9 Å². The van der Waals surface area contributed by atoms with Crippen LogP contribution in [-0.2, 0) is 35.1 Å². The van der Waals surface area contributed by atoms with Gasteiger partial charge in [-0.25, -0.2) is 27.7 Å². The van der Waals surface area contributed by atoms with Crippen LogP contribution in [0.3, 0.4) is 0 Å². The number of imidazole rings is 1. The molecule has 0 radical (unpaired) electrons. The normalized spacial score (nSPS) is 20.2. The fourth-order valence-electron chi connectivity index (χ4n) is 7.28. The standard InChI is InChI=1S/C41H56F3N7O8/c1-5-27(2)23-49-25-34(31-20-30(42)6-7-32(31)43)48-38(49)37(41(4)10-14-56-15-11-41)51(24-29-21-45-22-33(29)44)39(54)47-28(3)26-59-40(55)46-12-16-57-18-19-58-17-13-50-35(52)8-9-36(50)53/h5-9,20,25,28-29,33,37,45H,10-19,21-24,26H2,1-4H3,(H,46,55)(H,47,54)/b27-5+. The van der Waals surface area contributed by atoms with E-state index in [4.69, 9.17) is 23.9 Å². The fourth-order valence-corrected chi connectivity index (χ4v) is 7.28. The summed E-state index contributed by atoms with van der Waals surface area (Å²) >= 11 is 0. The molecule has 2 aromatic rings. The van der Waals surface area contributed by atoms with Crippen molar-refractivity contribution in [3.63, 3.8) is 0 Å². The number of imide groups is 1. The van der Waals surface area contributed by atoms with Gasteiger partial charge in [0.15, 0.2) is 0 Å². The average Bonchev–Trinajstić information content (AvgIpc) is 3.91. The van der Waals surface area contributed by atoms with Crippen molar-refractivity contribution in [1.82, 2.24) is 35.3 Å². The number of carbonyl (C=O) groups is 4. The Labute approximate surface area is 342 Å². The van der Waals surface area contributed by atoms with Gasteiger partial charge in [-0.2, -0.15) is 0 Å². The quantitative estimate of drug-likeness (QED) is 0.0996. The number of rotatable bonds is 20. The molecule has 324 valence electrons. The molecule has 0 saturated carbocycles. The van der Waals surface area contributed by atoms with E-state index in [0.717, 1.165) is 28.7 Å². The van der Waals surface area contributed by atoms with Crippen molar-refractivity contribution in [2.24, 2.45) is 11.3 Å². The van der Waals surface area contributed by atoms with Gasteiger partial charge in [-0.3, -0.25) is 14.5 Å². The number of carbonyl (C=O) groups excluding carboxylic acids is 4. The van der Waals surface area contributed by atoms with Crippen LogP contribution in [0.2, 0.25) is 0 Å². The van der Waals surface area contributed by atoms with Crippen LogP contribution < -0.4 is 16.0 Å². The first-order valence-electron chi connectivity index (χ1n) is 20.0. The minimum Gasteiger partial charge on any atom is -0.447 e. The van der Waals surface area contributed by atoms with E-state index in [9.17, 15) is 23.6 Å². The van der Waals surface area contributed by atoms with Crippen molar-refractivity contribution in [3.05, 3.63) is 65.7 Å². The molecule has 15 nitrogen and oxygen atoms in total. The summed E-state index contributed by atoms with van der Waals surface area (Å²) < 4.78 is 68.8. The summed E-state index contributed by atoms with van der Waals surface area (Å²) in [4.78, 5) is 57.8. The second kappa shape index (κ2) is 21.5. The zero-order valence-corrected chi connectivity index (χ0v) is 34.1. The first-order chi connectivity index (χ1) is 28.3. The molecule has 18 heteroatoms. The van der Waals surface area contributed by atoms with Crippen LogP contribution in [0.25, 0.3) is 11.3 Å². The van der Waals surface area contributed by atoms with E-state index in [1.165, 1.54) is 12.2 Å². The number of alkyl halides is 1. The lowest BCUT2D eigenvalue weighted by molar-refractivity contribution is -0.137. The number of hydrogen-bond donors (Lipinski definition) is 3. The Hall–Kier alpha value is -4.78. The zero-order chi connectivity index (χ0) is 42.5. The van der Waals surface area contributed by atoms with Crippen molar-refractivity contribution in [2.75, 3.05) is 79.0 Å². The first kappa shape index (κ1) is 45.3. The van der Waals surface area contributed by atoms with Gasteiger partial charge < -0.3 is 44.4 Å². The molecule has 3 N–H and O–H groups in total. The summed E-state index contributed by atoms with van der Waals surface area (Å²) in [6.45, 7) is 10.1. The number of allylic oxidation sites excluding steroid dienone is 2. The van der Waals surface area contributed by atoms with Crippen molar-refractivity contribution in [2.45, 2.75) is 65.3 Å². The highest BCUT2D eigenvalue weighted by molar-refractivity contribution is 6.12. The van der Waals surface area contributed by atoms with E-state index < -0.39 is 53.3 Å². The first-order valence-corrected chi connectivity index (χ1v) is 20.0. The van der Waals surface area contributed by atoms with E-state index in [1.807, 2.05) is 31.4 Å². The van der Waals surface area contributed by atoms with Gasteiger partial charge in [-0.15, -0.1) is 0 Å². The molecule has 4 unspecified atom stereocenters. The minimum absolute atomic E-state index is 0.0224. The Morgan fingerprint density at radius 2 is 1.81 bits per heavy atom. The molecule has 59 heavy (non-hydrogen) atoms. The molecule has 0 spiro atoms. The highest BCUT2D eigenvalue weighted by Crippen LogP contribution is 2.47. The fraction of sp³-hybridized carbons (Fsp3) is 0.585. The molecule has 4 atom stereocenters. The number of amides is 5. The smallest absolute Gasteiger partial charge is 0.407 e. The molecular weight excluding hydrogens is 775 g/mol. The minimum atomic E-state index is -1.21. The summed E-state index contributed by atoms with van der Waals surface area (Å²) in [5, 5.41) is 8.61. The monoisotopic (exact) mass is 831 g/mol. The second-order valence-corrected chi connectivity index (χ2v) is 15.4. The number of ether oxygens (including phenoxy) is 4. The molecule has 5 amide bonds. The number of hydrogen-bond acceptors (Lipinski definition) is 10. The molecule has 0 aliphatic carbocycles. The summed E-state index contributed by atoms with van der Waals surface area (Å²) in [5.41, 5.74) is 0.515. The third-order valence-electron chi connectivity index (χ3n) is 10.8. The number of benzene rings is 1. The molecule has 2 saturated heterocycles. The van der Waals surface area contributed by atoms with Gasteiger partial charge in [0.1, 0.15) is 30.2 Å². The topological polar surface area (TPSA) is 166 Å². The molecule has 3 aliphatic rings. The Bertz CT molecular complexity index is 1820. The zero-order valence-electron chi connectivity index (χ0n) is 34.1. The SMILES string of the molecule is C/C=C(\C)Cn1cc(-c2cc(F)ccc2F)nc1C(N(CC1CNCC1F)C(=O)NC(C)COC(=O)NCCOCCOCCN1C(=O)C=CC1=O)C1(C)CCOCC1. The van der Waals surface area contributed by atoms with Crippen LogP contribution in [0.1, 0.15) is 52.4 Å². The van der Waals surface area contributed by atoms with Crippen molar-refractivity contribution in [3.8, 4) is 11.3 Å². The van der Waals surface area contributed by atoms with Gasteiger partial charge in [-0.05, 0) is 57.2 Å². The van der Waals surface area contributed by atoms with Crippen LogP contribution in [-0.4, -0.2) is 134 Å². The predicted molar refractivity (Wildman–Crippen MR) is 211 cm³/mol. The highest BCUT2D eigenvalue weighted by atomic mass is 19.1. The molecule has 2 fully saturated rings. The molecule has 3 aliphatic heterocycles. The summed E-state index contributed by atoms with van der Waals surface area (Å²) in [6.07, 6.45) is 5.17. The van der Waals surface area contributed by atoms with E-state index in [-0.39, 0.29) is 82.3 Å². The van der Waals surface area contributed by atoms with E-state index in [2.05, 4.69) is 16.0 Å². The maximum Gasteiger partial charge on any atom is 0.407 e. The largest absolute Gasteiger partial charge is 0.447 e. The Balaban J connectivity index is 1.25. The third kappa shape index (κ3) is 12.4. The predicted octanol–water partition coefficient (Wildman–Crippen LogP) is 4.29. The Morgan fingerprint density at radius 3 is 2.49 bits per heavy atom. The number of alkyl carbamates (subject to hydrolysis) is 1. The van der Waals surface area contributed by atoms with Gasteiger partial charge >= 0.3 is 12.1 Å². The van der Waals surface area contributed by atoms with E-state index in [1.54, 1.807) is 18.0 Å². The van der Waals surface area contributed by atoms with Gasteiger partial charge in [0.05, 0.1) is 50.7 Å². The molecule has 1 aromatic heterocycles.